The lowest BCUT2D eigenvalue weighted by Crippen LogP contribution is -2.49. The van der Waals surface area contributed by atoms with Crippen molar-refractivity contribution in [1.82, 2.24) is 4.90 Å². The van der Waals surface area contributed by atoms with Gasteiger partial charge in [0.1, 0.15) is 6.04 Å². The standard InChI is InChI=1S/C19H17NO5S/c1-11(2)16(19(24)25-10-14(21)15-8-5-9-26-15)20-17(22)12-6-3-4-7-13(12)18(20)23/h3-9,11,16H,10H2,1-2H3/t16-/m1/s1. The van der Waals surface area contributed by atoms with E-state index in [4.69, 9.17) is 4.74 Å². The number of hydrogen-bond donors (Lipinski definition) is 0. The van der Waals surface area contributed by atoms with E-state index in [9.17, 15) is 19.2 Å². The van der Waals surface area contributed by atoms with Crippen molar-refractivity contribution in [2.45, 2.75) is 19.9 Å². The highest BCUT2D eigenvalue weighted by molar-refractivity contribution is 7.12. The number of ether oxygens (including phenoxy) is 1. The first-order chi connectivity index (χ1) is 12.4. The minimum atomic E-state index is -1.08. The molecule has 1 aliphatic heterocycles. The highest BCUT2D eigenvalue weighted by Crippen LogP contribution is 2.27. The molecular weight excluding hydrogens is 354 g/mol. The maximum absolute atomic E-state index is 12.6. The zero-order chi connectivity index (χ0) is 18.8. The van der Waals surface area contributed by atoms with Gasteiger partial charge in [-0.3, -0.25) is 19.3 Å². The van der Waals surface area contributed by atoms with Gasteiger partial charge in [0.05, 0.1) is 16.0 Å². The molecule has 26 heavy (non-hydrogen) atoms. The molecule has 2 amide bonds. The van der Waals surface area contributed by atoms with Crippen molar-refractivity contribution in [2.75, 3.05) is 6.61 Å². The van der Waals surface area contributed by atoms with E-state index in [1.165, 1.54) is 11.3 Å². The summed E-state index contributed by atoms with van der Waals surface area (Å²) in [5.74, 6) is -2.49. The highest BCUT2D eigenvalue weighted by atomic mass is 32.1. The minimum absolute atomic E-state index is 0.269. The van der Waals surface area contributed by atoms with Crippen LogP contribution in [0.5, 0.6) is 0 Å². The van der Waals surface area contributed by atoms with Crippen molar-refractivity contribution in [3.8, 4) is 0 Å². The Morgan fingerprint density at radius 2 is 1.65 bits per heavy atom. The molecule has 2 heterocycles. The van der Waals surface area contributed by atoms with E-state index < -0.39 is 30.4 Å². The smallest absolute Gasteiger partial charge is 0.330 e. The minimum Gasteiger partial charge on any atom is -0.456 e. The molecule has 0 spiro atoms. The number of nitrogens with zero attached hydrogens (tertiary/aromatic N) is 1. The molecule has 0 radical (unpaired) electrons. The Balaban J connectivity index is 1.77. The Hall–Kier alpha value is -2.80. The molecule has 6 nitrogen and oxygen atoms in total. The average molecular weight is 371 g/mol. The Bertz CT molecular complexity index is 837. The topological polar surface area (TPSA) is 80.8 Å². The second-order valence-corrected chi connectivity index (χ2v) is 7.17. The summed E-state index contributed by atoms with van der Waals surface area (Å²) in [4.78, 5) is 51.2. The molecule has 0 fully saturated rings. The van der Waals surface area contributed by atoms with Gasteiger partial charge in [-0.1, -0.05) is 32.0 Å². The number of ketones is 1. The second kappa shape index (κ2) is 7.21. The number of hydrogen-bond acceptors (Lipinski definition) is 6. The predicted molar refractivity (Wildman–Crippen MR) is 95.2 cm³/mol. The Labute approximate surface area is 154 Å². The molecule has 7 heteroatoms. The zero-order valence-corrected chi connectivity index (χ0v) is 15.1. The first-order valence-corrected chi connectivity index (χ1v) is 9.00. The number of fused-ring (bicyclic) bond motifs is 1. The number of thiophene rings is 1. The van der Waals surface area contributed by atoms with Crippen LogP contribution >= 0.6 is 11.3 Å². The monoisotopic (exact) mass is 371 g/mol. The summed E-state index contributed by atoms with van der Waals surface area (Å²) in [6.45, 7) is 3.01. The van der Waals surface area contributed by atoms with Crippen LogP contribution in [0.25, 0.3) is 0 Å². The molecule has 0 saturated heterocycles. The van der Waals surface area contributed by atoms with Crippen LogP contribution in [-0.4, -0.2) is 41.1 Å². The molecule has 1 aliphatic rings. The molecule has 2 aromatic rings. The number of carbonyl (C=O) groups is 4. The van der Waals surface area contributed by atoms with Gasteiger partial charge in [0, 0.05) is 0 Å². The van der Waals surface area contributed by atoms with E-state index >= 15 is 0 Å². The van der Waals surface area contributed by atoms with Crippen molar-refractivity contribution in [3.63, 3.8) is 0 Å². The number of esters is 1. The van der Waals surface area contributed by atoms with Gasteiger partial charge < -0.3 is 4.74 Å². The lowest BCUT2D eigenvalue weighted by atomic mass is 10.0. The summed E-state index contributed by atoms with van der Waals surface area (Å²) in [5, 5.41) is 1.75. The summed E-state index contributed by atoms with van der Waals surface area (Å²) >= 11 is 1.26. The van der Waals surface area contributed by atoms with E-state index in [0.29, 0.717) is 4.88 Å². The third kappa shape index (κ3) is 3.17. The van der Waals surface area contributed by atoms with Crippen LogP contribution in [0.2, 0.25) is 0 Å². The Morgan fingerprint density at radius 3 is 2.15 bits per heavy atom. The van der Waals surface area contributed by atoms with E-state index in [1.807, 2.05) is 0 Å². The van der Waals surface area contributed by atoms with E-state index in [2.05, 4.69) is 0 Å². The van der Waals surface area contributed by atoms with Gasteiger partial charge in [-0.05, 0) is 29.5 Å². The van der Waals surface area contributed by atoms with Crippen LogP contribution in [0.3, 0.4) is 0 Å². The Morgan fingerprint density at radius 1 is 1.04 bits per heavy atom. The van der Waals surface area contributed by atoms with Crippen molar-refractivity contribution in [2.24, 2.45) is 5.92 Å². The van der Waals surface area contributed by atoms with Crippen LogP contribution in [0.4, 0.5) is 0 Å². The summed E-state index contributed by atoms with van der Waals surface area (Å²) in [7, 11) is 0. The van der Waals surface area contributed by atoms with Gasteiger partial charge in [-0.15, -0.1) is 11.3 Å². The molecular formula is C19H17NO5S. The normalized spacial score (nSPS) is 14.5. The lowest BCUT2D eigenvalue weighted by molar-refractivity contribution is -0.148. The van der Waals surface area contributed by atoms with Gasteiger partial charge in [0.15, 0.2) is 6.61 Å². The molecule has 0 aliphatic carbocycles. The van der Waals surface area contributed by atoms with Crippen molar-refractivity contribution in [3.05, 3.63) is 57.8 Å². The van der Waals surface area contributed by atoms with Crippen LogP contribution < -0.4 is 0 Å². The first-order valence-electron chi connectivity index (χ1n) is 8.12. The SMILES string of the molecule is CC(C)[C@H](C(=O)OCC(=O)c1cccs1)N1C(=O)c2ccccc2C1=O. The van der Waals surface area contributed by atoms with E-state index in [1.54, 1.807) is 55.6 Å². The highest BCUT2D eigenvalue weighted by Gasteiger charge is 2.44. The fourth-order valence-corrected chi connectivity index (χ4v) is 3.52. The summed E-state index contributed by atoms with van der Waals surface area (Å²) in [6.07, 6.45) is 0. The number of Topliss-reactive ketones (excluding diaryl/α,β-unsaturated/α-hetero) is 1. The molecule has 1 atom stereocenters. The van der Waals surface area contributed by atoms with Crippen LogP contribution in [0, 0.1) is 5.92 Å². The average Bonchev–Trinajstić information content (AvgIpc) is 3.24. The van der Waals surface area contributed by atoms with Crippen molar-refractivity contribution >= 4 is 34.9 Å². The second-order valence-electron chi connectivity index (χ2n) is 6.22. The van der Waals surface area contributed by atoms with Gasteiger partial charge >= 0.3 is 5.97 Å². The number of carbonyl (C=O) groups excluding carboxylic acids is 4. The van der Waals surface area contributed by atoms with Crippen LogP contribution in [0.1, 0.15) is 44.2 Å². The number of amides is 2. The number of benzene rings is 1. The molecule has 0 unspecified atom stereocenters. The largest absolute Gasteiger partial charge is 0.456 e. The predicted octanol–water partition coefficient (Wildman–Crippen LogP) is 2.79. The Kier molecular flexibility index (Phi) is 4.99. The summed E-state index contributed by atoms with van der Waals surface area (Å²) in [6, 6.07) is 8.72. The molecule has 0 saturated carbocycles. The third-order valence-corrected chi connectivity index (χ3v) is 5.03. The first kappa shape index (κ1) is 18.0. The maximum Gasteiger partial charge on any atom is 0.330 e. The molecule has 1 aromatic carbocycles. The lowest BCUT2D eigenvalue weighted by Gasteiger charge is -2.27. The third-order valence-electron chi connectivity index (χ3n) is 4.12. The molecule has 1 aromatic heterocycles. The summed E-state index contributed by atoms with van der Waals surface area (Å²) < 4.78 is 5.13. The van der Waals surface area contributed by atoms with Gasteiger partial charge in [0.2, 0.25) is 5.78 Å². The number of imide groups is 1. The van der Waals surface area contributed by atoms with Crippen LogP contribution in [0.15, 0.2) is 41.8 Å². The van der Waals surface area contributed by atoms with Crippen LogP contribution in [-0.2, 0) is 9.53 Å². The molecule has 0 bridgehead atoms. The molecule has 0 N–H and O–H groups in total. The number of rotatable bonds is 6. The van der Waals surface area contributed by atoms with Crippen molar-refractivity contribution < 1.29 is 23.9 Å². The van der Waals surface area contributed by atoms with E-state index in [0.717, 1.165) is 4.90 Å². The quantitative estimate of drug-likeness (QED) is 0.443. The zero-order valence-electron chi connectivity index (χ0n) is 14.3. The fourth-order valence-electron chi connectivity index (χ4n) is 2.87. The van der Waals surface area contributed by atoms with Crippen molar-refractivity contribution in [1.29, 1.82) is 0 Å². The van der Waals surface area contributed by atoms with Gasteiger partial charge in [0.25, 0.3) is 11.8 Å². The van der Waals surface area contributed by atoms with Gasteiger partial charge in [-0.25, -0.2) is 4.79 Å². The summed E-state index contributed by atoms with van der Waals surface area (Å²) in [5.41, 5.74) is 0.538. The van der Waals surface area contributed by atoms with Gasteiger partial charge in [-0.2, -0.15) is 0 Å². The molecule has 134 valence electrons. The van der Waals surface area contributed by atoms with E-state index in [-0.39, 0.29) is 22.8 Å². The molecule has 3 rings (SSSR count). The maximum atomic E-state index is 12.6. The fraction of sp³-hybridized carbons (Fsp3) is 0.263.